The summed E-state index contributed by atoms with van der Waals surface area (Å²) < 4.78 is 0. The Morgan fingerprint density at radius 3 is 2.56 bits per heavy atom. The Morgan fingerprint density at radius 1 is 1.12 bits per heavy atom. The van der Waals surface area contributed by atoms with E-state index < -0.39 is 0 Å². The first-order valence-electron chi connectivity index (χ1n) is 6.74. The molecule has 2 aliphatic rings. The number of rotatable bonds is 3. The Kier molecular flexibility index (Phi) is 4.04. The van der Waals surface area contributed by atoms with E-state index in [1.807, 2.05) is 0 Å². The van der Waals surface area contributed by atoms with Gasteiger partial charge in [0.05, 0.1) is 0 Å². The summed E-state index contributed by atoms with van der Waals surface area (Å²) in [5.41, 5.74) is 0. The van der Waals surface area contributed by atoms with Crippen molar-refractivity contribution in [3.63, 3.8) is 0 Å². The van der Waals surface area contributed by atoms with E-state index in [9.17, 15) is 0 Å². The third-order valence-corrected chi connectivity index (χ3v) is 4.45. The maximum absolute atomic E-state index is 9.09. The van der Waals surface area contributed by atoms with Crippen molar-refractivity contribution in [2.24, 2.45) is 17.8 Å². The summed E-state index contributed by atoms with van der Waals surface area (Å²) in [6.07, 6.45) is 9.47. The molecule has 0 radical (unpaired) electrons. The van der Waals surface area contributed by atoms with E-state index in [4.69, 9.17) is 5.11 Å². The molecule has 0 bridgehead atoms. The van der Waals surface area contributed by atoms with Gasteiger partial charge in [0.25, 0.3) is 0 Å². The van der Waals surface area contributed by atoms with Crippen LogP contribution in [0.5, 0.6) is 0 Å². The molecule has 0 aliphatic heterocycles. The van der Waals surface area contributed by atoms with Crippen molar-refractivity contribution < 1.29 is 5.11 Å². The molecule has 16 heavy (non-hydrogen) atoms. The molecule has 0 saturated heterocycles. The Balaban J connectivity index is 1.77. The molecule has 5 atom stereocenters. The molecule has 0 unspecified atom stereocenters. The summed E-state index contributed by atoms with van der Waals surface area (Å²) >= 11 is 0. The van der Waals surface area contributed by atoms with Gasteiger partial charge in [-0.15, -0.1) is 0 Å². The lowest BCUT2D eigenvalue weighted by atomic mass is 9.79. The summed E-state index contributed by atoms with van der Waals surface area (Å²) in [4.78, 5) is 0. The zero-order chi connectivity index (χ0) is 11.5. The highest BCUT2D eigenvalue weighted by Gasteiger charge is 2.27. The van der Waals surface area contributed by atoms with E-state index >= 15 is 0 Å². The number of nitrogens with one attached hydrogen (secondary N) is 1. The van der Waals surface area contributed by atoms with Crippen LogP contribution in [0.15, 0.2) is 12.2 Å². The van der Waals surface area contributed by atoms with Crippen LogP contribution in [0.1, 0.15) is 39.5 Å². The van der Waals surface area contributed by atoms with Crippen LogP contribution < -0.4 is 5.32 Å². The quantitative estimate of drug-likeness (QED) is 0.720. The molecule has 2 rings (SSSR count). The molecule has 1 fully saturated rings. The van der Waals surface area contributed by atoms with Crippen molar-refractivity contribution in [1.82, 2.24) is 5.32 Å². The highest BCUT2D eigenvalue weighted by atomic mass is 16.3. The topological polar surface area (TPSA) is 32.3 Å². The van der Waals surface area contributed by atoms with Crippen LogP contribution in [0.2, 0.25) is 0 Å². The van der Waals surface area contributed by atoms with Crippen LogP contribution >= 0.6 is 0 Å². The minimum atomic E-state index is 0.298. The molecule has 0 amide bonds. The van der Waals surface area contributed by atoms with Gasteiger partial charge in [-0.2, -0.15) is 0 Å². The lowest BCUT2D eigenvalue weighted by Crippen LogP contribution is -2.41. The van der Waals surface area contributed by atoms with Gasteiger partial charge in [-0.25, -0.2) is 0 Å². The van der Waals surface area contributed by atoms with Crippen LogP contribution in [0.25, 0.3) is 0 Å². The fourth-order valence-electron chi connectivity index (χ4n) is 3.04. The van der Waals surface area contributed by atoms with Gasteiger partial charge in [-0.1, -0.05) is 26.0 Å². The van der Waals surface area contributed by atoms with Gasteiger partial charge in [0, 0.05) is 24.6 Å². The SMILES string of the molecule is C[C@@H]1CC[C@H](N[C@@H]2C=C[C@H](CO)C2)C[C@H]1C. The second-order valence-electron chi connectivity index (χ2n) is 5.80. The fourth-order valence-corrected chi connectivity index (χ4v) is 3.04. The molecule has 0 aromatic rings. The minimum Gasteiger partial charge on any atom is -0.396 e. The first-order chi connectivity index (χ1) is 7.69. The van der Waals surface area contributed by atoms with Gasteiger partial charge in [0.1, 0.15) is 0 Å². The van der Waals surface area contributed by atoms with Crippen LogP contribution in [-0.2, 0) is 0 Å². The average molecular weight is 223 g/mol. The molecule has 0 spiro atoms. The molecule has 1 saturated carbocycles. The summed E-state index contributed by atoms with van der Waals surface area (Å²) in [7, 11) is 0. The molecule has 0 heterocycles. The zero-order valence-corrected chi connectivity index (χ0v) is 10.5. The molecule has 2 N–H and O–H groups in total. The van der Waals surface area contributed by atoms with Crippen molar-refractivity contribution in [3.8, 4) is 0 Å². The largest absolute Gasteiger partial charge is 0.396 e. The second kappa shape index (κ2) is 5.33. The minimum absolute atomic E-state index is 0.298. The van der Waals surface area contributed by atoms with E-state index in [2.05, 4.69) is 31.3 Å². The summed E-state index contributed by atoms with van der Waals surface area (Å²) in [6.45, 7) is 5.05. The number of aliphatic hydroxyl groups is 1. The van der Waals surface area contributed by atoms with Crippen molar-refractivity contribution in [2.75, 3.05) is 6.61 Å². The number of hydrogen-bond donors (Lipinski definition) is 2. The Labute approximate surface area is 99.1 Å². The highest BCUT2D eigenvalue weighted by Crippen LogP contribution is 2.30. The number of hydrogen-bond acceptors (Lipinski definition) is 2. The Morgan fingerprint density at radius 2 is 1.94 bits per heavy atom. The molecule has 92 valence electrons. The van der Waals surface area contributed by atoms with Gasteiger partial charge in [0.15, 0.2) is 0 Å². The van der Waals surface area contributed by atoms with Gasteiger partial charge in [0.2, 0.25) is 0 Å². The van der Waals surface area contributed by atoms with Crippen LogP contribution in [-0.4, -0.2) is 23.8 Å². The molecule has 0 aromatic heterocycles. The Bertz CT molecular complexity index is 251. The van der Waals surface area contributed by atoms with Crippen LogP contribution in [0.3, 0.4) is 0 Å². The monoisotopic (exact) mass is 223 g/mol. The normalized spacial score (nSPS) is 43.8. The van der Waals surface area contributed by atoms with Gasteiger partial charge < -0.3 is 10.4 Å². The predicted octanol–water partition coefficient (Wildman–Crippen LogP) is 2.34. The summed E-state index contributed by atoms with van der Waals surface area (Å²) in [6, 6.07) is 1.20. The van der Waals surface area contributed by atoms with Crippen molar-refractivity contribution in [1.29, 1.82) is 0 Å². The predicted molar refractivity (Wildman–Crippen MR) is 67.2 cm³/mol. The summed E-state index contributed by atoms with van der Waals surface area (Å²) in [5, 5.41) is 12.8. The maximum atomic E-state index is 9.09. The molecule has 2 nitrogen and oxygen atoms in total. The van der Waals surface area contributed by atoms with Crippen molar-refractivity contribution in [2.45, 2.75) is 51.6 Å². The molecular weight excluding hydrogens is 198 g/mol. The Hall–Kier alpha value is -0.340. The molecular formula is C14H25NO. The first kappa shape index (κ1) is 12.1. The van der Waals surface area contributed by atoms with Crippen molar-refractivity contribution >= 4 is 0 Å². The van der Waals surface area contributed by atoms with Gasteiger partial charge in [-0.05, 0) is 37.5 Å². The van der Waals surface area contributed by atoms with Crippen molar-refractivity contribution in [3.05, 3.63) is 12.2 Å². The second-order valence-corrected chi connectivity index (χ2v) is 5.80. The lowest BCUT2D eigenvalue weighted by Gasteiger charge is -2.34. The lowest BCUT2D eigenvalue weighted by molar-refractivity contribution is 0.211. The third kappa shape index (κ3) is 2.86. The van der Waals surface area contributed by atoms with E-state index in [0.29, 0.717) is 24.6 Å². The van der Waals surface area contributed by atoms with Gasteiger partial charge in [-0.3, -0.25) is 0 Å². The molecule has 0 aromatic carbocycles. The zero-order valence-electron chi connectivity index (χ0n) is 10.5. The first-order valence-corrected chi connectivity index (χ1v) is 6.74. The van der Waals surface area contributed by atoms with Crippen LogP contribution in [0.4, 0.5) is 0 Å². The standard InChI is InChI=1S/C14H25NO/c1-10-3-5-13(7-11(10)2)15-14-6-4-12(8-14)9-16/h4,6,10-16H,3,5,7-9H2,1-2H3/t10-,11-,12+,13+,14-/m1/s1. The maximum Gasteiger partial charge on any atom is 0.0494 e. The smallest absolute Gasteiger partial charge is 0.0494 e. The third-order valence-electron chi connectivity index (χ3n) is 4.45. The average Bonchev–Trinajstić information content (AvgIpc) is 2.71. The van der Waals surface area contributed by atoms with E-state index in [0.717, 1.165) is 18.3 Å². The summed E-state index contributed by atoms with van der Waals surface area (Å²) in [5.74, 6) is 2.13. The van der Waals surface area contributed by atoms with Gasteiger partial charge >= 0.3 is 0 Å². The van der Waals surface area contributed by atoms with E-state index in [1.54, 1.807) is 0 Å². The van der Waals surface area contributed by atoms with E-state index in [1.165, 1.54) is 19.3 Å². The molecule has 2 heteroatoms. The molecule has 2 aliphatic carbocycles. The fraction of sp³-hybridized carbons (Fsp3) is 0.857. The number of aliphatic hydroxyl groups excluding tert-OH is 1. The van der Waals surface area contributed by atoms with E-state index in [-0.39, 0.29) is 0 Å². The highest BCUT2D eigenvalue weighted by molar-refractivity contribution is 5.06. The van der Waals surface area contributed by atoms with Crippen LogP contribution in [0, 0.1) is 17.8 Å².